The Labute approximate surface area is 144 Å². The summed E-state index contributed by atoms with van der Waals surface area (Å²) in [5, 5.41) is 8.01. The van der Waals surface area contributed by atoms with E-state index in [1.807, 2.05) is 29.9 Å². The first-order valence-corrected chi connectivity index (χ1v) is 8.55. The molecule has 1 atom stereocenters. The summed E-state index contributed by atoms with van der Waals surface area (Å²) >= 11 is 0. The van der Waals surface area contributed by atoms with Crippen molar-refractivity contribution in [3.05, 3.63) is 42.2 Å². The van der Waals surface area contributed by atoms with Crippen LogP contribution in [0.1, 0.15) is 12.5 Å². The van der Waals surface area contributed by atoms with Crippen molar-refractivity contribution in [3.8, 4) is 5.75 Å². The molecule has 1 aliphatic heterocycles. The van der Waals surface area contributed by atoms with E-state index in [2.05, 4.69) is 52.6 Å². The third kappa shape index (κ3) is 3.88. The first-order chi connectivity index (χ1) is 11.7. The number of benzene rings is 1. The molecule has 2 heterocycles. The van der Waals surface area contributed by atoms with Crippen molar-refractivity contribution in [1.82, 2.24) is 20.0 Å². The van der Waals surface area contributed by atoms with Crippen LogP contribution in [-0.2, 0) is 6.54 Å². The molecule has 0 amide bonds. The van der Waals surface area contributed by atoms with E-state index in [1.54, 1.807) is 0 Å². The fourth-order valence-electron chi connectivity index (χ4n) is 3.13. The first kappa shape index (κ1) is 16.8. The zero-order valence-corrected chi connectivity index (χ0v) is 14.8. The smallest absolute Gasteiger partial charge is 0.119 e. The van der Waals surface area contributed by atoms with E-state index in [1.165, 1.54) is 11.3 Å². The molecule has 6 heteroatoms. The predicted molar refractivity (Wildman–Crippen MR) is 96.6 cm³/mol. The van der Waals surface area contributed by atoms with Gasteiger partial charge in [-0.05, 0) is 38.7 Å². The molecule has 24 heavy (non-hydrogen) atoms. The third-order valence-corrected chi connectivity index (χ3v) is 4.32. The van der Waals surface area contributed by atoms with Crippen molar-refractivity contribution in [2.75, 3.05) is 45.2 Å². The fraction of sp³-hybridized carbons (Fsp3) is 0.500. The van der Waals surface area contributed by atoms with E-state index < -0.39 is 0 Å². The number of hydrogen-bond acceptors (Lipinski definition) is 5. The number of nitrogens with one attached hydrogen (secondary N) is 1. The van der Waals surface area contributed by atoms with Gasteiger partial charge in [-0.3, -0.25) is 9.58 Å². The summed E-state index contributed by atoms with van der Waals surface area (Å²) in [6.45, 7) is 6.40. The van der Waals surface area contributed by atoms with Crippen LogP contribution in [-0.4, -0.2) is 61.2 Å². The molecule has 6 nitrogen and oxygen atoms in total. The van der Waals surface area contributed by atoms with Crippen LogP contribution in [0.3, 0.4) is 0 Å². The Morgan fingerprint density at radius 3 is 3.04 bits per heavy atom. The second-order valence-corrected chi connectivity index (χ2v) is 6.32. The molecule has 1 saturated heterocycles. The monoisotopic (exact) mass is 329 g/mol. The van der Waals surface area contributed by atoms with Crippen LogP contribution in [0.25, 0.3) is 0 Å². The molecule has 2 aromatic rings. The van der Waals surface area contributed by atoms with Crippen LogP contribution in [0.5, 0.6) is 5.75 Å². The molecule has 0 saturated carbocycles. The molecular formula is C18H27N5O. The van der Waals surface area contributed by atoms with Gasteiger partial charge in [0, 0.05) is 25.8 Å². The van der Waals surface area contributed by atoms with Crippen molar-refractivity contribution in [3.63, 3.8) is 0 Å². The number of aromatic nitrogens is 2. The highest BCUT2D eigenvalue weighted by Crippen LogP contribution is 2.20. The van der Waals surface area contributed by atoms with Crippen molar-refractivity contribution in [1.29, 1.82) is 0 Å². The van der Waals surface area contributed by atoms with Gasteiger partial charge in [-0.15, -0.1) is 0 Å². The Morgan fingerprint density at radius 1 is 1.38 bits per heavy atom. The fourth-order valence-corrected chi connectivity index (χ4v) is 3.13. The topological polar surface area (TPSA) is 45.6 Å². The van der Waals surface area contributed by atoms with Gasteiger partial charge in [0.2, 0.25) is 0 Å². The Hall–Kier alpha value is -2.05. The highest BCUT2D eigenvalue weighted by Gasteiger charge is 2.24. The van der Waals surface area contributed by atoms with Crippen LogP contribution in [0, 0.1) is 0 Å². The number of hydrogen-bond donors (Lipinski definition) is 1. The summed E-state index contributed by atoms with van der Waals surface area (Å²) in [5.74, 6) is 0.914. The summed E-state index contributed by atoms with van der Waals surface area (Å²) in [4.78, 5) is 4.66. The molecule has 0 bridgehead atoms. The summed E-state index contributed by atoms with van der Waals surface area (Å²) in [6, 6.07) is 8.21. The minimum atomic E-state index is 0.359. The zero-order valence-electron chi connectivity index (χ0n) is 14.8. The largest absolute Gasteiger partial charge is 0.494 e. The minimum absolute atomic E-state index is 0.359. The van der Waals surface area contributed by atoms with Crippen LogP contribution < -0.4 is 15.0 Å². The number of likely N-dealkylation sites (N-methyl/N-ethyl adjacent to an activating group) is 1. The van der Waals surface area contributed by atoms with Gasteiger partial charge < -0.3 is 15.0 Å². The highest BCUT2D eigenvalue weighted by molar-refractivity contribution is 5.44. The number of nitrogens with zero attached hydrogens (tertiary/aromatic N) is 4. The molecule has 130 valence electrons. The Balaban J connectivity index is 1.72. The number of ether oxygens (including phenoxy) is 1. The maximum absolute atomic E-state index is 5.57. The molecule has 1 fully saturated rings. The van der Waals surface area contributed by atoms with E-state index in [0.717, 1.165) is 31.9 Å². The van der Waals surface area contributed by atoms with Crippen LogP contribution in [0.2, 0.25) is 0 Å². The molecule has 1 aromatic heterocycles. The van der Waals surface area contributed by atoms with E-state index in [9.17, 15) is 0 Å². The van der Waals surface area contributed by atoms with E-state index >= 15 is 0 Å². The lowest BCUT2D eigenvalue weighted by Crippen LogP contribution is -2.57. The third-order valence-electron chi connectivity index (χ3n) is 4.32. The van der Waals surface area contributed by atoms with Crippen LogP contribution in [0.4, 0.5) is 5.69 Å². The molecule has 1 aliphatic rings. The van der Waals surface area contributed by atoms with E-state index in [-0.39, 0.29) is 0 Å². The molecular weight excluding hydrogens is 302 g/mol. The molecule has 1 unspecified atom stereocenters. The summed E-state index contributed by atoms with van der Waals surface area (Å²) in [7, 11) is 4.24. The Kier molecular flexibility index (Phi) is 5.37. The van der Waals surface area contributed by atoms with E-state index in [4.69, 9.17) is 4.74 Å². The molecule has 0 radical (unpaired) electrons. The Morgan fingerprint density at radius 2 is 2.25 bits per heavy atom. The van der Waals surface area contributed by atoms with Crippen LogP contribution in [0.15, 0.2) is 36.7 Å². The average Bonchev–Trinajstić information content (AvgIpc) is 3.04. The standard InChI is InChI=1S/C18H27N5O/c1-4-24-17-7-5-6-15(10-17)13-22-14-16(11-20-22)23-9-8-19-12-18(23)21(2)3/h5-7,10-11,14,18-19H,4,8-9,12-13H2,1-3H3. The molecule has 1 N–H and O–H groups in total. The van der Waals surface area contributed by atoms with Gasteiger partial charge in [-0.2, -0.15) is 5.10 Å². The van der Waals surface area contributed by atoms with Gasteiger partial charge in [0.25, 0.3) is 0 Å². The zero-order chi connectivity index (χ0) is 16.9. The minimum Gasteiger partial charge on any atom is -0.494 e. The summed E-state index contributed by atoms with van der Waals surface area (Å²) < 4.78 is 7.57. The second kappa shape index (κ2) is 7.68. The lowest BCUT2D eigenvalue weighted by molar-refractivity contribution is 0.253. The lowest BCUT2D eigenvalue weighted by Gasteiger charge is -2.40. The van der Waals surface area contributed by atoms with Gasteiger partial charge in [0.05, 0.1) is 31.2 Å². The SMILES string of the molecule is CCOc1cccc(Cn2cc(N3CCNCC3N(C)C)cn2)c1. The average molecular weight is 329 g/mol. The first-order valence-electron chi connectivity index (χ1n) is 8.55. The summed E-state index contributed by atoms with van der Waals surface area (Å²) in [6.07, 6.45) is 4.46. The molecule has 3 rings (SSSR count). The highest BCUT2D eigenvalue weighted by atomic mass is 16.5. The van der Waals surface area contributed by atoms with E-state index in [0.29, 0.717) is 12.8 Å². The molecule has 0 aliphatic carbocycles. The van der Waals surface area contributed by atoms with Crippen molar-refractivity contribution < 1.29 is 4.74 Å². The van der Waals surface area contributed by atoms with Gasteiger partial charge in [-0.1, -0.05) is 12.1 Å². The summed E-state index contributed by atoms with van der Waals surface area (Å²) in [5.41, 5.74) is 2.37. The second-order valence-electron chi connectivity index (χ2n) is 6.32. The van der Waals surface area contributed by atoms with Crippen molar-refractivity contribution in [2.45, 2.75) is 19.6 Å². The van der Waals surface area contributed by atoms with Crippen LogP contribution >= 0.6 is 0 Å². The normalized spacial score (nSPS) is 18.2. The van der Waals surface area contributed by atoms with Gasteiger partial charge in [-0.25, -0.2) is 0 Å². The Bertz CT molecular complexity index is 654. The molecule has 0 spiro atoms. The number of piperazine rings is 1. The van der Waals surface area contributed by atoms with Gasteiger partial charge >= 0.3 is 0 Å². The number of rotatable bonds is 6. The molecule has 1 aromatic carbocycles. The maximum Gasteiger partial charge on any atom is 0.119 e. The van der Waals surface area contributed by atoms with Gasteiger partial charge in [0.15, 0.2) is 0 Å². The number of anilines is 1. The lowest BCUT2D eigenvalue weighted by atomic mass is 10.2. The van der Waals surface area contributed by atoms with Crippen molar-refractivity contribution in [2.24, 2.45) is 0 Å². The predicted octanol–water partition coefficient (Wildman–Crippen LogP) is 1.63. The van der Waals surface area contributed by atoms with Crippen molar-refractivity contribution >= 4 is 5.69 Å². The maximum atomic E-state index is 5.57. The quantitative estimate of drug-likeness (QED) is 0.873. The van der Waals surface area contributed by atoms with Gasteiger partial charge in [0.1, 0.15) is 5.75 Å².